The van der Waals surface area contributed by atoms with Crippen LogP contribution < -0.4 is 16.0 Å². The summed E-state index contributed by atoms with van der Waals surface area (Å²) in [5, 5.41) is 10.9. The van der Waals surface area contributed by atoms with E-state index in [2.05, 4.69) is 114 Å². The number of hydrogen-bond donors (Lipinski definition) is 3. The maximum atomic E-state index is 13.3. The van der Waals surface area contributed by atoms with Gasteiger partial charge in [0.2, 0.25) is 0 Å². The molecule has 1 aliphatic heterocycles. The van der Waals surface area contributed by atoms with Crippen LogP contribution in [0.3, 0.4) is 0 Å². The molecular formula is C34H45N3O3S. The van der Waals surface area contributed by atoms with Gasteiger partial charge in [-0.25, -0.2) is 4.79 Å². The first-order chi connectivity index (χ1) is 19.7. The number of hydrogen-bond acceptors (Lipinski definition) is 6. The van der Waals surface area contributed by atoms with Crippen LogP contribution in [0.4, 0.5) is 4.79 Å². The molecule has 7 heteroatoms. The summed E-state index contributed by atoms with van der Waals surface area (Å²) >= 11 is 1.94. The van der Waals surface area contributed by atoms with Crippen LogP contribution in [-0.4, -0.2) is 55.5 Å². The van der Waals surface area contributed by atoms with Crippen LogP contribution in [0.2, 0.25) is 0 Å². The Morgan fingerprint density at radius 2 is 1.44 bits per heavy atom. The van der Waals surface area contributed by atoms with Gasteiger partial charge in [0.1, 0.15) is 11.3 Å². The van der Waals surface area contributed by atoms with Crippen molar-refractivity contribution >= 4 is 17.9 Å². The van der Waals surface area contributed by atoms with Crippen molar-refractivity contribution in [3.63, 3.8) is 0 Å². The molecule has 0 radical (unpaired) electrons. The molecule has 0 saturated carbocycles. The van der Waals surface area contributed by atoms with Crippen LogP contribution in [0, 0.1) is 0 Å². The van der Waals surface area contributed by atoms with Crippen molar-refractivity contribution in [3.05, 3.63) is 108 Å². The number of nitrogens with one attached hydrogen (secondary N) is 3. The lowest BCUT2D eigenvalue weighted by atomic mass is 9.84. The molecule has 1 heterocycles. The van der Waals surface area contributed by atoms with E-state index in [1.807, 2.05) is 32.5 Å². The lowest BCUT2D eigenvalue weighted by Crippen LogP contribution is -2.76. The number of piperazine rings is 1. The zero-order chi connectivity index (χ0) is 29.3. The molecular weight excluding hydrogens is 530 g/mol. The first kappa shape index (κ1) is 31.1. The Labute approximate surface area is 250 Å². The monoisotopic (exact) mass is 575 g/mol. The highest BCUT2D eigenvalue weighted by atomic mass is 32.2. The maximum absolute atomic E-state index is 13.3. The van der Waals surface area contributed by atoms with Gasteiger partial charge in [-0.15, -0.1) is 11.8 Å². The number of thioether (sulfide) groups is 1. The molecule has 6 nitrogen and oxygen atoms in total. The summed E-state index contributed by atoms with van der Waals surface area (Å²) in [5.41, 5.74) is 2.28. The molecule has 220 valence electrons. The molecule has 1 amide bonds. The van der Waals surface area contributed by atoms with Crippen molar-refractivity contribution in [1.82, 2.24) is 16.0 Å². The van der Waals surface area contributed by atoms with Gasteiger partial charge in [-0.1, -0.05) is 97.9 Å². The van der Waals surface area contributed by atoms with Crippen molar-refractivity contribution in [3.8, 4) is 0 Å². The Morgan fingerprint density at radius 3 is 1.88 bits per heavy atom. The quantitative estimate of drug-likeness (QED) is 0.233. The smallest absolute Gasteiger partial charge is 0.409 e. The van der Waals surface area contributed by atoms with Crippen LogP contribution in [0.1, 0.15) is 57.2 Å². The normalized spacial score (nSPS) is 20.3. The largest absolute Gasteiger partial charge is 0.444 e. The zero-order valence-electron chi connectivity index (χ0n) is 25.0. The Kier molecular flexibility index (Phi) is 10.5. The third-order valence-electron chi connectivity index (χ3n) is 7.53. The van der Waals surface area contributed by atoms with Crippen molar-refractivity contribution in [2.75, 3.05) is 26.8 Å². The van der Waals surface area contributed by atoms with Gasteiger partial charge in [-0.05, 0) is 43.9 Å². The van der Waals surface area contributed by atoms with Crippen molar-refractivity contribution in [2.45, 2.75) is 67.8 Å². The van der Waals surface area contributed by atoms with E-state index in [1.54, 1.807) is 7.11 Å². The molecule has 41 heavy (non-hydrogen) atoms. The van der Waals surface area contributed by atoms with E-state index < -0.39 is 22.1 Å². The van der Waals surface area contributed by atoms with E-state index in [1.165, 1.54) is 16.7 Å². The van der Waals surface area contributed by atoms with Gasteiger partial charge in [0.25, 0.3) is 0 Å². The average molecular weight is 576 g/mol. The van der Waals surface area contributed by atoms with Gasteiger partial charge >= 0.3 is 6.09 Å². The summed E-state index contributed by atoms with van der Waals surface area (Å²) in [7, 11) is 1.70. The lowest BCUT2D eigenvalue weighted by molar-refractivity contribution is 0.0286. The summed E-state index contributed by atoms with van der Waals surface area (Å²) < 4.78 is 10.8. The zero-order valence-corrected chi connectivity index (χ0v) is 25.8. The first-order valence-electron chi connectivity index (χ1n) is 14.6. The highest BCUT2D eigenvalue weighted by molar-refractivity contribution is 8.01. The van der Waals surface area contributed by atoms with Crippen molar-refractivity contribution in [1.29, 1.82) is 0 Å². The lowest BCUT2D eigenvalue weighted by Gasteiger charge is -2.50. The SMILES string of the molecule is CCC(SC(c1ccccc1)(c1ccccc1)c1ccccc1)C1NCCNC1(CCOC)NC(=O)OC(C)(C)C. The molecule has 1 saturated heterocycles. The third-order valence-corrected chi connectivity index (χ3v) is 9.50. The summed E-state index contributed by atoms with van der Waals surface area (Å²) in [6.45, 7) is 9.89. The topological polar surface area (TPSA) is 71.6 Å². The number of amides is 1. The molecule has 4 rings (SSSR count). The van der Waals surface area contributed by atoms with Gasteiger partial charge in [-0.2, -0.15) is 0 Å². The van der Waals surface area contributed by atoms with Crippen LogP contribution in [0.5, 0.6) is 0 Å². The maximum Gasteiger partial charge on any atom is 0.409 e. The molecule has 1 fully saturated rings. The van der Waals surface area contributed by atoms with Gasteiger partial charge in [0.05, 0.1) is 10.8 Å². The number of rotatable bonds is 11. The fraction of sp³-hybridized carbons (Fsp3) is 0.441. The fourth-order valence-corrected chi connectivity index (χ4v) is 7.66. The minimum absolute atomic E-state index is 0.0928. The molecule has 3 aromatic rings. The van der Waals surface area contributed by atoms with E-state index in [-0.39, 0.29) is 11.3 Å². The fourth-order valence-electron chi connectivity index (χ4n) is 5.76. The van der Waals surface area contributed by atoms with E-state index >= 15 is 0 Å². The molecule has 0 aromatic heterocycles. The number of carbonyl (C=O) groups excluding carboxylic acids is 1. The molecule has 3 atom stereocenters. The van der Waals surface area contributed by atoms with Gasteiger partial charge < -0.3 is 20.1 Å². The number of carbonyl (C=O) groups is 1. The second kappa shape index (κ2) is 13.9. The summed E-state index contributed by atoms with van der Waals surface area (Å²) in [5.74, 6) is 0. The van der Waals surface area contributed by atoms with E-state index in [0.717, 1.165) is 19.5 Å². The van der Waals surface area contributed by atoms with Crippen LogP contribution >= 0.6 is 11.8 Å². The molecule has 0 aliphatic carbocycles. The first-order valence-corrected chi connectivity index (χ1v) is 15.4. The van der Waals surface area contributed by atoms with Crippen LogP contribution in [0.25, 0.3) is 0 Å². The van der Waals surface area contributed by atoms with Gasteiger partial charge in [0, 0.05) is 38.5 Å². The van der Waals surface area contributed by atoms with E-state index in [0.29, 0.717) is 13.0 Å². The number of methoxy groups -OCH3 is 1. The predicted molar refractivity (Wildman–Crippen MR) is 169 cm³/mol. The molecule has 3 N–H and O–H groups in total. The van der Waals surface area contributed by atoms with Crippen molar-refractivity contribution in [2.24, 2.45) is 0 Å². The average Bonchev–Trinajstić information content (AvgIpc) is 2.98. The predicted octanol–water partition coefficient (Wildman–Crippen LogP) is 6.31. The van der Waals surface area contributed by atoms with Gasteiger partial charge in [0.15, 0.2) is 0 Å². The highest BCUT2D eigenvalue weighted by Gasteiger charge is 2.49. The number of ether oxygens (including phenoxy) is 2. The second-order valence-electron chi connectivity index (χ2n) is 11.5. The second-order valence-corrected chi connectivity index (χ2v) is 13.0. The Hall–Kier alpha value is -2.84. The van der Waals surface area contributed by atoms with Crippen LogP contribution in [-0.2, 0) is 14.2 Å². The van der Waals surface area contributed by atoms with Gasteiger partial charge in [-0.3, -0.25) is 5.32 Å². The van der Waals surface area contributed by atoms with Crippen LogP contribution in [0.15, 0.2) is 91.0 Å². The minimum Gasteiger partial charge on any atom is -0.444 e. The van der Waals surface area contributed by atoms with E-state index in [9.17, 15) is 4.79 Å². The number of benzene rings is 3. The Balaban J connectivity index is 1.84. The molecule has 3 aromatic carbocycles. The number of alkyl carbamates (subject to hydrolysis) is 1. The standard InChI is InChI=1S/C34H45N3O3S/c1-6-29(30-33(22-25-39-5,36-24-23-35-30)37-31(38)40-32(2,3)4)41-34(26-16-10-7-11-17-26,27-18-12-8-13-19-27)28-20-14-9-15-21-28/h7-21,29-30,35-36H,6,22-25H2,1-5H3,(H,37,38). The molecule has 0 bridgehead atoms. The summed E-state index contributed by atoms with van der Waals surface area (Å²) in [6.07, 6.45) is 1.03. The Morgan fingerprint density at radius 1 is 0.927 bits per heavy atom. The molecule has 1 aliphatic rings. The van der Waals surface area contributed by atoms with Crippen molar-refractivity contribution < 1.29 is 14.3 Å². The minimum atomic E-state index is -0.764. The summed E-state index contributed by atoms with van der Waals surface area (Å²) in [4.78, 5) is 13.3. The summed E-state index contributed by atoms with van der Waals surface area (Å²) in [6, 6.07) is 32.1. The third kappa shape index (κ3) is 7.33. The molecule has 0 spiro atoms. The highest BCUT2D eigenvalue weighted by Crippen LogP contribution is 2.52. The Bertz CT molecular complexity index is 1120. The van der Waals surface area contributed by atoms with E-state index in [4.69, 9.17) is 9.47 Å². The molecule has 3 unspecified atom stereocenters.